The molecule has 0 saturated carbocycles. The first-order valence-electron chi connectivity index (χ1n) is 5.10. The number of carbonyl (C=O) groups excluding carboxylic acids is 1. The first kappa shape index (κ1) is 12.1. The zero-order valence-corrected chi connectivity index (χ0v) is 10.8. The second kappa shape index (κ2) is 5.29. The Morgan fingerprint density at radius 3 is 3.00 bits per heavy atom. The van der Waals surface area contributed by atoms with E-state index in [2.05, 4.69) is 10.3 Å². The topological polar surface area (TPSA) is 42.0 Å². The van der Waals surface area contributed by atoms with Gasteiger partial charge in [-0.2, -0.15) is 0 Å². The van der Waals surface area contributed by atoms with Crippen LogP contribution in [0.2, 0.25) is 5.02 Å². The minimum atomic E-state index is -0.141. The van der Waals surface area contributed by atoms with E-state index in [0.717, 1.165) is 10.7 Å². The molecule has 1 N–H and O–H groups in total. The summed E-state index contributed by atoms with van der Waals surface area (Å²) in [5, 5.41) is 6.30. The number of hydrogen-bond acceptors (Lipinski definition) is 3. The number of benzene rings is 1. The monoisotopic (exact) mass is 266 g/mol. The molecule has 0 fully saturated rings. The van der Waals surface area contributed by atoms with Gasteiger partial charge >= 0.3 is 0 Å². The molecule has 0 saturated heterocycles. The van der Waals surface area contributed by atoms with Crippen LogP contribution >= 0.6 is 22.9 Å². The fourth-order valence-electron chi connectivity index (χ4n) is 1.39. The van der Waals surface area contributed by atoms with Gasteiger partial charge in [0.2, 0.25) is 0 Å². The van der Waals surface area contributed by atoms with E-state index in [1.807, 2.05) is 12.3 Å². The highest BCUT2D eigenvalue weighted by Crippen LogP contribution is 2.11. The highest BCUT2D eigenvalue weighted by Gasteiger charge is 2.06. The van der Waals surface area contributed by atoms with Crippen LogP contribution in [0.15, 0.2) is 29.6 Å². The second-order valence-corrected chi connectivity index (χ2v) is 5.05. The summed E-state index contributed by atoms with van der Waals surface area (Å²) in [6.45, 7) is 2.38. The molecule has 0 atom stereocenters. The van der Waals surface area contributed by atoms with E-state index in [4.69, 9.17) is 11.6 Å². The third-order valence-corrected chi connectivity index (χ3v) is 3.24. The molecule has 2 rings (SSSR count). The Hall–Kier alpha value is -1.39. The summed E-state index contributed by atoms with van der Waals surface area (Å²) in [5.41, 5.74) is 1.44. The second-order valence-electron chi connectivity index (χ2n) is 3.55. The molecule has 0 aliphatic heterocycles. The van der Waals surface area contributed by atoms with Gasteiger partial charge in [-0.05, 0) is 25.1 Å². The van der Waals surface area contributed by atoms with Crippen molar-refractivity contribution in [1.29, 1.82) is 0 Å². The van der Waals surface area contributed by atoms with Crippen molar-refractivity contribution >= 4 is 28.8 Å². The van der Waals surface area contributed by atoms with Crippen LogP contribution in [-0.4, -0.2) is 10.9 Å². The lowest BCUT2D eigenvalue weighted by Crippen LogP contribution is -2.22. The highest BCUT2D eigenvalue weighted by molar-refractivity contribution is 7.09. The van der Waals surface area contributed by atoms with E-state index in [-0.39, 0.29) is 5.91 Å². The van der Waals surface area contributed by atoms with Gasteiger partial charge in [0.05, 0.1) is 17.2 Å². The van der Waals surface area contributed by atoms with Gasteiger partial charge in [0.15, 0.2) is 0 Å². The maximum absolute atomic E-state index is 11.8. The Bertz CT molecular complexity index is 539. The molecule has 3 nitrogen and oxygen atoms in total. The van der Waals surface area contributed by atoms with Gasteiger partial charge in [-0.25, -0.2) is 4.98 Å². The molecule has 5 heteroatoms. The number of rotatable bonds is 3. The van der Waals surface area contributed by atoms with Gasteiger partial charge < -0.3 is 5.32 Å². The predicted molar refractivity (Wildman–Crippen MR) is 69.5 cm³/mol. The van der Waals surface area contributed by atoms with E-state index in [9.17, 15) is 4.79 Å². The van der Waals surface area contributed by atoms with E-state index in [1.165, 1.54) is 0 Å². The van der Waals surface area contributed by atoms with Gasteiger partial charge in [-0.15, -0.1) is 11.3 Å². The molecule has 0 radical (unpaired) electrons. The van der Waals surface area contributed by atoms with Gasteiger partial charge in [0, 0.05) is 16.0 Å². The van der Waals surface area contributed by atoms with E-state index in [0.29, 0.717) is 17.1 Å². The first-order valence-corrected chi connectivity index (χ1v) is 6.35. The van der Waals surface area contributed by atoms with Crippen molar-refractivity contribution in [3.05, 3.63) is 50.9 Å². The third-order valence-electron chi connectivity index (χ3n) is 2.18. The minimum absolute atomic E-state index is 0.141. The standard InChI is InChI=1S/C12H11ClN2OS/c1-8-15-11(7-17-8)6-14-12(16)9-3-2-4-10(13)5-9/h2-5,7H,6H2,1H3,(H,14,16). The molecule has 1 amide bonds. The fourth-order valence-corrected chi connectivity index (χ4v) is 2.19. The Labute approximate surface area is 108 Å². The van der Waals surface area contributed by atoms with Crippen molar-refractivity contribution in [2.45, 2.75) is 13.5 Å². The number of aromatic nitrogens is 1. The number of halogens is 1. The number of carbonyl (C=O) groups is 1. The number of aryl methyl sites for hydroxylation is 1. The molecule has 1 aromatic heterocycles. The normalized spacial score (nSPS) is 10.2. The van der Waals surface area contributed by atoms with Crippen LogP contribution < -0.4 is 5.32 Å². The summed E-state index contributed by atoms with van der Waals surface area (Å²) in [4.78, 5) is 16.1. The van der Waals surface area contributed by atoms with Crippen molar-refractivity contribution in [2.24, 2.45) is 0 Å². The summed E-state index contributed by atoms with van der Waals surface area (Å²) < 4.78 is 0. The molecule has 0 aliphatic rings. The maximum Gasteiger partial charge on any atom is 0.251 e. The van der Waals surface area contributed by atoms with Crippen LogP contribution in [0.25, 0.3) is 0 Å². The Balaban J connectivity index is 1.98. The molecule has 0 unspecified atom stereocenters. The molecular weight excluding hydrogens is 256 g/mol. The van der Waals surface area contributed by atoms with Crippen LogP contribution in [0.3, 0.4) is 0 Å². The number of nitrogens with one attached hydrogen (secondary N) is 1. The van der Waals surface area contributed by atoms with Crippen LogP contribution in [0.1, 0.15) is 21.1 Å². The van der Waals surface area contributed by atoms with E-state index in [1.54, 1.807) is 35.6 Å². The van der Waals surface area contributed by atoms with Crippen molar-refractivity contribution in [3.63, 3.8) is 0 Å². The number of nitrogens with zero attached hydrogens (tertiary/aromatic N) is 1. The summed E-state index contributed by atoms with van der Waals surface area (Å²) in [7, 11) is 0. The third kappa shape index (κ3) is 3.28. The summed E-state index contributed by atoms with van der Waals surface area (Å²) in [5.74, 6) is -0.141. The number of thiazole rings is 1. The summed E-state index contributed by atoms with van der Waals surface area (Å²) in [6.07, 6.45) is 0. The quantitative estimate of drug-likeness (QED) is 0.928. The molecule has 1 aromatic carbocycles. The maximum atomic E-state index is 11.8. The van der Waals surface area contributed by atoms with Gasteiger partial charge in [-0.3, -0.25) is 4.79 Å². The Morgan fingerprint density at radius 1 is 1.53 bits per heavy atom. The summed E-state index contributed by atoms with van der Waals surface area (Å²) in [6, 6.07) is 6.86. The van der Waals surface area contributed by atoms with Gasteiger partial charge in [-0.1, -0.05) is 17.7 Å². The van der Waals surface area contributed by atoms with Crippen LogP contribution in [0.5, 0.6) is 0 Å². The van der Waals surface area contributed by atoms with E-state index >= 15 is 0 Å². The molecule has 1 heterocycles. The molecule has 2 aromatic rings. The van der Waals surface area contributed by atoms with Crippen LogP contribution in [0.4, 0.5) is 0 Å². The lowest BCUT2D eigenvalue weighted by atomic mass is 10.2. The minimum Gasteiger partial charge on any atom is -0.346 e. The lowest BCUT2D eigenvalue weighted by Gasteiger charge is -2.03. The van der Waals surface area contributed by atoms with E-state index < -0.39 is 0 Å². The Morgan fingerprint density at radius 2 is 2.35 bits per heavy atom. The lowest BCUT2D eigenvalue weighted by molar-refractivity contribution is 0.0950. The average Bonchev–Trinajstić information content (AvgIpc) is 2.72. The molecule has 0 aliphatic carbocycles. The predicted octanol–water partition coefficient (Wildman–Crippen LogP) is 3.03. The zero-order chi connectivity index (χ0) is 12.3. The van der Waals surface area contributed by atoms with Crippen molar-refractivity contribution in [2.75, 3.05) is 0 Å². The summed E-state index contributed by atoms with van der Waals surface area (Å²) >= 11 is 7.39. The van der Waals surface area contributed by atoms with Crippen molar-refractivity contribution in [1.82, 2.24) is 10.3 Å². The molecular formula is C12H11ClN2OS. The largest absolute Gasteiger partial charge is 0.346 e. The van der Waals surface area contributed by atoms with Crippen LogP contribution in [-0.2, 0) is 6.54 Å². The zero-order valence-electron chi connectivity index (χ0n) is 9.24. The highest BCUT2D eigenvalue weighted by atomic mass is 35.5. The molecule has 88 valence electrons. The SMILES string of the molecule is Cc1nc(CNC(=O)c2cccc(Cl)c2)cs1. The van der Waals surface area contributed by atoms with Crippen molar-refractivity contribution in [3.8, 4) is 0 Å². The van der Waals surface area contributed by atoms with Crippen LogP contribution in [0, 0.1) is 6.92 Å². The number of hydrogen-bond donors (Lipinski definition) is 1. The number of amides is 1. The molecule has 0 bridgehead atoms. The fraction of sp³-hybridized carbons (Fsp3) is 0.167. The molecule has 17 heavy (non-hydrogen) atoms. The Kier molecular flexibility index (Phi) is 3.76. The van der Waals surface area contributed by atoms with Crippen molar-refractivity contribution < 1.29 is 4.79 Å². The average molecular weight is 267 g/mol. The first-order chi connectivity index (χ1) is 8.15. The molecule has 0 spiro atoms. The van der Waals surface area contributed by atoms with Gasteiger partial charge in [0.1, 0.15) is 0 Å². The smallest absolute Gasteiger partial charge is 0.251 e. The van der Waals surface area contributed by atoms with Gasteiger partial charge in [0.25, 0.3) is 5.91 Å².